The zero-order chi connectivity index (χ0) is 22.3. The van der Waals surface area contributed by atoms with E-state index in [1.165, 1.54) is 0 Å². The lowest BCUT2D eigenvalue weighted by molar-refractivity contribution is -0.121. The van der Waals surface area contributed by atoms with E-state index >= 15 is 0 Å². The molecular weight excluding hydrogens is 426 g/mol. The van der Waals surface area contributed by atoms with E-state index in [0.29, 0.717) is 18.1 Å². The van der Waals surface area contributed by atoms with Crippen LogP contribution in [0.15, 0.2) is 70.6 Å². The van der Waals surface area contributed by atoms with Gasteiger partial charge in [-0.2, -0.15) is 4.98 Å². The lowest BCUT2D eigenvalue weighted by Gasteiger charge is -2.20. The van der Waals surface area contributed by atoms with Crippen molar-refractivity contribution in [2.24, 2.45) is 0 Å². The van der Waals surface area contributed by atoms with Crippen molar-refractivity contribution in [1.82, 2.24) is 15.5 Å². The first-order chi connectivity index (χ1) is 15.7. The predicted octanol–water partition coefficient (Wildman–Crippen LogP) is 4.65. The summed E-state index contributed by atoms with van der Waals surface area (Å²) < 4.78 is 15.8. The molecule has 0 radical (unpaired) electrons. The molecule has 7 nitrogen and oxygen atoms in total. The second-order valence-electron chi connectivity index (χ2n) is 7.04. The Morgan fingerprint density at radius 3 is 2.16 bits per heavy atom. The van der Waals surface area contributed by atoms with E-state index in [9.17, 15) is 4.79 Å². The Bertz CT molecular complexity index is 1090. The van der Waals surface area contributed by atoms with Crippen LogP contribution >= 0.6 is 11.3 Å². The molecular formula is C24H23N3O4S. The number of amides is 1. The zero-order valence-corrected chi connectivity index (χ0v) is 18.6. The van der Waals surface area contributed by atoms with Gasteiger partial charge in [-0.25, -0.2) is 0 Å². The van der Waals surface area contributed by atoms with Crippen LogP contribution in [-0.2, 0) is 11.2 Å². The van der Waals surface area contributed by atoms with Crippen molar-refractivity contribution >= 4 is 17.2 Å². The average Bonchev–Trinajstić information content (AvgIpc) is 3.54. The summed E-state index contributed by atoms with van der Waals surface area (Å²) in [6.45, 7) is 0. The number of rotatable bonds is 9. The van der Waals surface area contributed by atoms with E-state index in [2.05, 4.69) is 15.5 Å². The Morgan fingerprint density at radius 2 is 1.62 bits per heavy atom. The van der Waals surface area contributed by atoms with Crippen LogP contribution in [0.5, 0.6) is 11.5 Å². The van der Waals surface area contributed by atoms with Gasteiger partial charge >= 0.3 is 0 Å². The number of benzene rings is 2. The molecule has 1 N–H and O–H groups in total. The molecule has 1 amide bonds. The zero-order valence-electron chi connectivity index (χ0n) is 17.8. The summed E-state index contributed by atoms with van der Waals surface area (Å²) in [5.74, 6) is 2.38. The highest BCUT2D eigenvalue weighted by molar-refractivity contribution is 7.13. The van der Waals surface area contributed by atoms with Crippen LogP contribution in [0.2, 0.25) is 0 Å². The number of aromatic nitrogens is 2. The second-order valence-corrected chi connectivity index (χ2v) is 7.98. The molecule has 4 rings (SSSR count). The van der Waals surface area contributed by atoms with E-state index in [4.69, 9.17) is 14.0 Å². The van der Waals surface area contributed by atoms with Crippen molar-refractivity contribution in [3.8, 4) is 22.2 Å². The molecule has 2 aromatic carbocycles. The summed E-state index contributed by atoms with van der Waals surface area (Å²) in [4.78, 5) is 18.1. The fourth-order valence-electron chi connectivity index (χ4n) is 3.27. The number of hydrogen-bond donors (Lipinski definition) is 1. The van der Waals surface area contributed by atoms with Gasteiger partial charge in [0.1, 0.15) is 11.5 Å². The van der Waals surface area contributed by atoms with Crippen LogP contribution in [0.25, 0.3) is 10.7 Å². The van der Waals surface area contributed by atoms with Crippen molar-refractivity contribution < 1.29 is 18.8 Å². The summed E-state index contributed by atoms with van der Waals surface area (Å²) in [7, 11) is 3.25. The van der Waals surface area contributed by atoms with Gasteiger partial charge in [0, 0.05) is 12.8 Å². The SMILES string of the molecule is COc1ccc(C(NC(=O)CCc2nc(-c3cccs3)no2)c2ccc(OC)cc2)cc1. The van der Waals surface area contributed by atoms with Crippen LogP contribution in [0.3, 0.4) is 0 Å². The molecule has 0 aliphatic heterocycles. The van der Waals surface area contributed by atoms with E-state index < -0.39 is 0 Å². The number of nitrogens with one attached hydrogen (secondary N) is 1. The quantitative estimate of drug-likeness (QED) is 0.400. The number of ether oxygens (including phenoxy) is 2. The minimum absolute atomic E-state index is 0.113. The molecule has 4 aromatic rings. The second kappa shape index (κ2) is 10.1. The lowest BCUT2D eigenvalue weighted by atomic mass is 9.98. The first-order valence-corrected chi connectivity index (χ1v) is 11.0. The lowest BCUT2D eigenvalue weighted by Crippen LogP contribution is -2.29. The van der Waals surface area contributed by atoms with Crippen LogP contribution in [0.1, 0.15) is 29.5 Å². The first kappa shape index (κ1) is 21.6. The van der Waals surface area contributed by atoms with E-state index in [0.717, 1.165) is 27.5 Å². The van der Waals surface area contributed by atoms with Gasteiger partial charge in [0.05, 0.1) is 25.1 Å². The third kappa shape index (κ3) is 5.15. The highest BCUT2D eigenvalue weighted by Crippen LogP contribution is 2.26. The number of hydrogen-bond acceptors (Lipinski definition) is 7. The maximum absolute atomic E-state index is 12.8. The molecule has 32 heavy (non-hydrogen) atoms. The van der Waals surface area contributed by atoms with Gasteiger partial charge < -0.3 is 19.3 Å². The van der Waals surface area contributed by atoms with Gasteiger partial charge in [0.15, 0.2) is 0 Å². The highest BCUT2D eigenvalue weighted by Gasteiger charge is 2.18. The van der Waals surface area contributed by atoms with Crippen molar-refractivity contribution in [3.63, 3.8) is 0 Å². The molecule has 0 fully saturated rings. The normalized spacial score (nSPS) is 10.8. The number of aryl methyl sites for hydroxylation is 1. The largest absolute Gasteiger partial charge is 0.497 e. The topological polar surface area (TPSA) is 86.5 Å². The van der Waals surface area contributed by atoms with Gasteiger partial charge in [0.2, 0.25) is 17.6 Å². The fourth-order valence-corrected chi connectivity index (χ4v) is 3.92. The van der Waals surface area contributed by atoms with Crippen molar-refractivity contribution in [1.29, 1.82) is 0 Å². The van der Waals surface area contributed by atoms with Crippen molar-refractivity contribution in [2.45, 2.75) is 18.9 Å². The molecule has 0 aliphatic carbocycles. The van der Waals surface area contributed by atoms with Crippen LogP contribution in [0, 0.1) is 0 Å². The summed E-state index contributed by atoms with van der Waals surface area (Å²) in [5.41, 5.74) is 1.89. The van der Waals surface area contributed by atoms with Gasteiger partial charge in [-0.05, 0) is 46.8 Å². The molecule has 2 heterocycles. The Morgan fingerprint density at radius 1 is 1.00 bits per heavy atom. The molecule has 0 spiro atoms. The molecule has 2 aromatic heterocycles. The summed E-state index contributed by atoms with van der Waals surface area (Å²) in [5, 5.41) is 9.07. The molecule has 0 atom stereocenters. The maximum atomic E-state index is 12.8. The third-order valence-electron chi connectivity index (χ3n) is 4.98. The number of methoxy groups -OCH3 is 2. The van der Waals surface area contributed by atoms with Crippen molar-refractivity contribution in [3.05, 3.63) is 83.1 Å². The van der Waals surface area contributed by atoms with E-state index in [1.54, 1.807) is 25.6 Å². The van der Waals surface area contributed by atoms with Gasteiger partial charge in [-0.3, -0.25) is 4.79 Å². The molecule has 8 heteroatoms. The van der Waals surface area contributed by atoms with E-state index in [-0.39, 0.29) is 18.4 Å². The summed E-state index contributed by atoms with van der Waals surface area (Å²) >= 11 is 1.54. The smallest absolute Gasteiger partial charge is 0.227 e. The number of carbonyl (C=O) groups excluding carboxylic acids is 1. The van der Waals surface area contributed by atoms with Crippen LogP contribution in [0.4, 0.5) is 0 Å². The minimum atomic E-state index is -0.316. The Hall–Kier alpha value is -3.65. The summed E-state index contributed by atoms with van der Waals surface area (Å²) in [6, 6.07) is 18.8. The van der Waals surface area contributed by atoms with Gasteiger partial charge in [-0.15, -0.1) is 11.3 Å². The number of nitrogens with zero attached hydrogens (tertiary/aromatic N) is 2. The molecule has 0 aliphatic rings. The Balaban J connectivity index is 1.46. The standard InChI is InChI=1S/C24H23N3O4S/c1-29-18-9-5-16(6-10-18)23(17-7-11-19(30-2)12-8-17)25-21(28)13-14-22-26-24(27-31-22)20-4-3-15-32-20/h3-12,15,23H,13-14H2,1-2H3,(H,25,28). The molecule has 0 unspecified atom stereocenters. The van der Waals surface area contributed by atoms with Crippen molar-refractivity contribution in [2.75, 3.05) is 14.2 Å². The van der Waals surface area contributed by atoms with Crippen LogP contribution in [-0.4, -0.2) is 30.3 Å². The number of thiophene rings is 1. The Kier molecular flexibility index (Phi) is 6.81. The summed E-state index contributed by atoms with van der Waals surface area (Å²) in [6.07, 6.45) is 0.594. The van der Waals surface area contributed by atoms with Gasteiger partial charge in [-0.1, -0.05) is 35.5 Å². The molecule has 0 bridgehead atoms. The average molecular weight is 450 g/mol. The molecule has 0 saturated carbocycles. The molecule has 164 valence electrons. The fraction of sp³-hybridized carbons (Fsp3) is 0.208. The van der Waals surface area contributed by atoms with Gasteiger partial charge in [0.25, 0.3) is 0 Å². The van der Waals surface area contributed by atoms with Crippen LogP contribution < -0.4 is 14.8 Å². The monoisotopic (exact) mass is 449 g/mol. The Labute approximate surface area is 190 Å². The first-order valence-electron chi connectivity index (χ1n) is 10.1. The predicted molar refractivity (Wildman–Crippen MR) is 122 cm³/mol. The maximum Gasteiger partial charge on any atom is 0.227 e. The molecule has 0 saturated heterocycles. The third-order valence-corrected chi connectivity index (χ3v) is 5.84. The van der Waals surface area contributed by atoms with E-state index in [1.807, 2.05) is 66.0 Å². The minimum Gasteiger partial charge on any atom is -0.497 e. The highest BCUT2D eigenvalue weighted by atomic mass is 32.1. The number of carbonyl (C=O) groups is 1.